The zero-order valence-electron chi connectivity index (χ0n) is 17.5. The van der Waals surface area contributed by atoms with E-state index in [2.05, 4.69) is 29.5 Å². The molecule has 2 rings (SSSR count). The number of benzene rings is 1. The van der Waals surface area contributed by atoms with E-state index < -0.39 is 11.7 Å². The molecule has 0 aliphatic carbocycles. The Balaban J connectivity index is 2.21. The molecule has 0 atom stereocenters. The van der Waals surface area contributed by atoms with E-state index in [4.69, 9.17) is 4.74 Å². The van der Waals surface area contributed by atoms with Crippen molar-refractivity contribution >= 4 is 23.4 Å². The van der Waals surface area contributed by atoms with Crippen LogP contribution in [0.25, 0.3) is 0 Å². The number of ether oxygens (including phenoxy) is 1. The van der Waals surface area contributed by atoms with Crippen LogP contribution in [0.1, 0.15) is 31.9 Å². The van der Waals surface area contributed by atoms with Gasteiger partial charge in [0, 0.05) is 36.6 Å². The van der Waals surface area contributed by atoms with Crippen LogP contribution in [-0.2, 0) is 17.5 Å². The van der Waals surface area contributed by atoms with Crippen molar-refractivity contribution in [1.82, 2.24) is 10.6 Å². The Morgan fingerprint density at radius 2 is 1.90 bits per heavy atom. The van der Waals surface area contributed by atoms with E-state index in [-0.39, 0.29) is 16.9 Å². The monoisotopic (exact) mass is 432 g/mol. The number of morpholine rings is 1. The molecule has 0 aromatic heterocycles. The molecule has 9 heteroatoms. The molecule has 0 amide bonds. The maximum atomic E-state index is 13.7. The highest BCUT2D eigenvalue weighted by atomic mass is 32.2. The lowest BCUT2D eigenvalue weighted by molar-refractivity contribution is -0.138. The van der Waals surface area contributed by atoms with E-state index in [9.17, 15) is 13.2 Å². The lowest BCUT2D eigenvalue weighted by Crippen LogP contribution is -2.43. The fourth-order valence-corrected chi connectivity index (χ4v) is 3.08. The Kier molecular flexibility index (Phi) is 8.51. The predicted octanol–water partition coefficient (Wildman–Crippen LogP) is 3.74. The highest BCUT2D eigenvalue weighted by Crippen LogP contribution is 2.35. The van der Waals surface area contributed by atoms with Crippen LogP contribution in [-0.4, -0.2) is 56.4 Å². The molecular formula is C20H31F3N4OS. The Morgan fingerprint density at radius 1 is 1.21 bits per heavy atom. The fourth-order valence-electron chi connectivity index (χ4n) is 2.86. The normalized spacial score (nSPS) is 16.1. The second-order valence-corrected chi connectivity index (χ2v) is 8.96. The van der Waals surface area contributed by atoms with Gasteiger partial charge in [-0.1, -0.05) is 6.07 Å². The van der Waals surface area contributed by atoms with Gasteiger partial charge in [0.2, 0.25) is 0 Å². The highest BCUT2D eigenvalue weighted by Gasteiger charge is 2.34. The molecule has 1 aromatic carbocycles. The molecule has 5 nitrogen and oxygen atoms in total. The van der Waals surface area contributed by atoms with Gasteiger partial charge in [-0.25, -0.2) is 4.99 Å². The van der Waals surface area contributed by atoms with Gasteiger partial charge >= 0.3 is 6.18 Å². The van der Waals surface area contributed by atoms with Crippen molar-refractivity contribution in [1.29, 1.82) is 0 Å². The number of rotatable bonds is 7. The van der Waals surface area contributed by atoms with E-state index in [1.54, 1.807) is 17.8 Å². The van der Waals surface area contributed by atoms with Crippen molar-refractivity contribution < 1.29 is 17.9 Å². The molecule has 1 saturated heterocycles. The molecular weight excluding hydrogens is 401 g/mol. The van der Waals surface area contributed by atoms with Crippen LogP contribution in [0.3, 0.4) is 0 Å². The summed E-state index contributed by atoms with van der Waals surface area (Å²) in [5.41, 5.74) is 0.0986. The van der Waals surface area contributed by atoms with Crippen LogP contribution in [0.15, 0.2) is 23.2 Å². The first kappa shape index (κ1) is 23.7. The minimum atomic E-state index is -4.43. The number of aliphatic imine (C=N–C) groups is 1. The number of hydrogen-bond acceptors (Lipinski definition) is 4. The van der Waals surface area contributed by atoms with Crippen LogP contribution in [0.4, 0.5) is 18.9 Å². The standard InChI is InChI=1S/C20H31F3N4OS/c1-5-24-18(26-14-19(2,3)29-4)25-13-15-6-7-16(12-17(15)20(21,22)23)27-8-10-28-11-9-27/h6-7,12H,5,8-11,13-14H2,1-4H3,(H2,24,25,26). The van der Waals surface area contributed by atoms with Gasteiger partial charge in [-0.05, 0) is 44.7 Å². The van der Waals surface area contributed by atoms with Gasteiger partial charge in [-0.2, -0.15) is 24.9 Å². The molecule has 0 unspecified atom stereocenters. The number of hydrogen-bond donors (Lipinski definition) is 2. The summed E-state index contributed by atoms with van der Waals surface area (Å²) in [6.45, 7) is 9.59. The number of anilines is 1. The van der Waals surface area contributed by atoms with Crippen LogP contribution >= 0.6 is 11.8 Å². The lowest BCUT2D eigenvalue weighted by Gasteiger charge is -2.29. The molecule has 0 spiro atoms. The molecule has 1 aliphatic heterocycles. The molecule has 164 valence electrons. The quantitative estimate of drug-likeness (QED) is 0.508. The third-order valence-electron chi connectivity index (χ3n) is 4.76. The molecule has 1 heterocycles. The number of alkyl halides is 3. The first-order chi connectivity index (χ1) is 13.7. The maximum Gasteiger partial charge on any atom is 0.416 e. The molecule has 29 heavy (non-hydrogen) atoms. The summed E-state index contributed by atoms with van der Waals surface area (Å²) in [4.78, 5) is 6.31. The summed E-state index contributed by atoms with van der Waals surface area (Å²) < 4.78 is 46.4. The molecule has 0 radical (unpaired) electrons. The van der Waals surface area contributed by atoms with E-state index >= 15 is 0 Å². The van der Waals surface area contributed by atoms with Crippen molar-refractivity contribution in [3.8, 4) is 0 Å². The van der Waals surface area contributed by atoms with Gasteiger partial charge in [0.05, 0.1) is 25.3 Å². The molecule has 1 aromatic rings. The summed E-state index contributed by atoms with van der Waals surface area (Å²) in [6.07, 6.45) is -2.41. The predicted molar refractivity (Wildman–Crippen MR) is 115 cm³/mol. The van der Waals surface area contributed by atoms with Gasteiger partial charge in [0.15, 0.2) is 5.96 Å². The number of nitrogens with zero attached hydrogens (tertiary/aromatic N) is 2. The molecule has 1 fully saturated rings. The largest absolute Gasteiger partial charge is 0.416 e. The van der Waals surface area contributed by atoms with E-state index in [0.717, 1.165) is 0 Å². The Morgan fingerprint density at radius 3 is 2.48 bits per heavy atom. The van der Waals surface area contributed by atoms with Crippen molar-refractivity contribution in [3.05, 3.63) is 29.3 Å². The third kappa shape index (κ3) is 7.29. The van der Waals surface area contributed by atoms with Gasteiger partial charge in [-0.15, -0.1) is 0 Å². The second kappa shape index (κ2) is 10.4. The van der Waals surface area contributed by atoms with Crippen LogP contribution < -0.4 is 15.5 Å². The zero-order valence-corrected chi connectivity index (χ0v) is 18.3. The summed E-state index contributed by atoms with van der Waals surface area (Å²) in [6, 6.07) is 4.50. The average molecular weight is 433 g/mol. The second-order valence-electron chi connectivity index (χ2n) is 7.45. The van der Waals surface area contributed by atoms with Crippen LogP contribution in [0, 0.1) is 0 Å². The number of thioether (sulfide) groups is 1. The lowest BCUT2D eigenvalue weighted by atomic mass is 10.1. The van der Waals surface area contributed by atoms with E-state index in [1.165, 1.54) is 12.1 Å². The van der Waals surface area contributed by atoms with Gasteiger partial charge < -0.3 is 20.3 Å². The van der Waals surface area contributed by atoms with Gasteiger partial charge in [0.1, 0.15) is 0 Å². The fraction of sp³-hybridized carbons (Fsp3) is 0.650. The van der Waals surface area contributed by atoms with Gasteiger partial charge in [-0.3, -0.25) is 0 Å². The summed E-state index contributed by atoms with van der Waals surface area (Å²) in [5, 5.41) is 6.32. The first-order valence-electron chi connectivity index (χ1n) is 9.76. The Bertz CT molecular complexity index is 689. The molecule has 1 aliphatic rings. The smallest absolute Gasteiger partial charge is 0.378 e. The number of halogens is 3. The minimum absolute atomic E-state index is 0.00682. The van der Waals surface area contributed by atoms with Crippen molar-refractivity contribution in [2.75, 3.05) is 50.5 Å². The van der Waals surface area contributed by atoms with Crippen LogP contribution in [0.5, 0.6) is 0 Å². The van der Waals surface area contributed by atoms with Crippen molar-refractivity contribution in [2.24, 2.45) is 4.99 Å². The third-order valence-corrected chi connectivity index (χ3v) is 6.01. The van der Waals surface area contributed by atoms with Crippen molar-refractivity contribution in [2.45, 2.75) is 38.2 Å². The van der Waals surface area contributed by atoms with Gasteiger partial charge in [0.25, 0.3) is 0 Å². The minimum Gasteiger partial charge on any atom is -0.378 e. The zero-order chi connectivity index (χ0) is 21.5. The first-order valence-corrected chi connectivity index (χ1v) is 11.0. The summed E-state index contributed by atoms with van der Waals surface area (Å²) >= 11 is 1.71. The number of nitrogens with one attached hydrogen (secondary N) is 2. The topological polar surface area (TPSA) is 48.9 Å². The molecule has 0 saturated carbocycles. The summed E-state index contributed by atoms with van der Waals surface area (Å²) in [7, 11) is 0. The average Bonchev–Trinajstić information content (AvgIpc) is 2.70. The number of guanidine groups is 1. The van der Waals surface area contributed by atoms with E-state index in [1.807, 2.05) is 18.1 Å². The molecule has 0 bridgehead atoms. The Hall–Kier alpha value is -1.61. The highest BCUT2D eigenvalue weighted by molar-refractivity contribution is 7.99. The van der Waals surface area contributed by atoms with E-state index in [0.29, 0.717) is 51.0 Å². The van der Waals surface area contributed by atoms with Crippen LogP contribution in [0.2, 0.25) is 0 Å². The molecule has 2 N–H and O–H groups in total. The Labute approximate surface area is 175 Å². The maximum absolute atomic E-state index is 13.7. The van der Waals surface area contributed by atoms with Crippen molar-refractivity contribution in [3.63, 3.8) is 0 Å². The summed E-state index contributed by atoms with van der Waals surface area (Å²) in [5.74, 6) is 0.514. The SMILES string of the molecule is CCNC(=NCc1ccc(N2CCOCC2)cc1C(F)(F)F)NCC(C)(C)SC.